The summed E-state index contributed by atoms with van der Waals surface area (Å²) in [6, 6.07) is 17.7. The minimum Gasteiger partial charge on any atom is -0.493 e. The maximum atomic E-state index is 13.4. The van der Waals surface area contributed by atoms with Crippen LogP contribution in [0.1, 0.15) is 64.7 Å². The normalized spacial score (nSPS) is 13.0. The minimum atomic E-state index is -1.24. The van der Waals surface area contributed by atoms with Crippen molar-refractivity contribution in [3.05, 3.63) is 101 Å². The molecule has 1 unspecified atom stereocenters. The van der Waals surface area contributed by atoms with E-state index in [9.17, 15) is 24.3 Å². The van der Waals surface area contributed by atoms with Gasteiger partial charge in [-0.1, -0.05) is 36.4 Å². The lowest BCUT2D eigenvalue weighted by atomic mass is 9.93. The number of anilines is 1. The summed E-state index contributed by atoms with van der Waals surface area (Å²) in [5.41, 5.74) is 12.5. The van der Waals surface area contributed by atoms with Crippen molar-refractivity contribution in [3.8, 4) is 16.9 Å². The van der Waals surface area contributed by atoms with Crippen LogP contribution in [-0.2, 0) is 27.3 Å². The van der Waals surface area contributed by atoms with Crippen molar-refractivity contribution >= 4 is 29.4 Å². The second-order valence-electron chi connectivity index (χ2n) is 12.1. The molecule has 0 saturated carbocycles. The first-order chi connectivity index (χ1) is 23.1. The second-order valence-corrected chi connectivity index (χ2v) is 12.1. The molecule has 0 aliphatic carbocycles. The van der Waals surface area contributed by atoms with Crippen molar-refractivity contribution < 1.29 is 29.0 Å². The zero-order chi connectivity index (χ0) is 34.2. The monoisotopic (exact) mass is 651 g/mol. The Morgan fingerprint density at radius 1 is 1.04 bits per heavy atom. The first-order valence-corrected chi connectivity index (χ1v) is 16.2. The van der Waals surface area contributed by atoms with Crippen LogP contribution < -0.4 is 20.7 Å². The highest BCUT2D eigenvalue weighted by Crippen LogP contribution is 2.36. The lowest BCUT2D eigenvalue weighted by Crippen LogP contribution is -2.41. The van der Waals surface area contributed by atoms with Gasteiger partial charge in [0.15, 0.2) is 0 Å². The highest BCUT2D eigenvalue weighted by molar-refractivity contribution is 5.97. The van der Waals surface area contributed by atoms with E-state index < -0.39 is 23.8 Å². The third kappa shape index (κ3) is 8.28. The van der Waals surface area contributed by atoms with Gasteiger partial charge in [0.25, 0.3) is 5.91 Å². The number of carbonyl (C=O) groups excluding carboxylic acids is 3. The first kappa shape index (κ1) is 33.9. The Morgan fingerprint density at radius 3 is 2.62 bits per heavy atom. The number of amides is 3. The first-order valence-electron chi connectivity index (χ1n) is 16.2. The van der Waals surface area contributed by atoms with Crippen LogP contribution in [0.4, 0.5) is 5.69 Å². The number of carboxylic acids is 1. The van der Waals surface area contributed by atoms with Crippen LogP contribution in [0.3, 0.4) is 0 Å². The standard InChI is InChI=1S/C37H41N5O6/c1-24-8-3-14-33(25(24)2)48-19-7-15-35(44)42-18-6-12-30-29(11-5-13-32(30)42)28-21-39-41(23-28)22-26-9-4-10-27(20-26)36(45)40-31(37(46)47)16-17-34(38)43/h3-5,8-11,13-14,20-21,23,31H,6-7,12,15-19,22H2,1-2H3,(H2,38,43)(H,40,45)(H,46,47). The number of ether oxygens (including phenoxy) is 1. The molecule has 1 atom stereocenters. The number of benzene rings is 3. The Bertz CT molecular complexity index is 1820. The van der Waals surface area contributed by atoms with Crippen molar-refractivity contribution in [1.29, 1.82) is 0 Å². The van der Waals surface area contributed by atoms with Gasteiger partial charge < -0.3 is 25.8 Å². The molecule has 4 N–H and O–H groups in total. The minimum absolute atomic E-state index is 0.0832. The molecule has 1 aromatic heterocycles. The number of fused-ring (bicyclic) bond motifs is 1. The summed E-state index contributed by atoms with van der Waals surface area (Å²) in [6.45, 7) is 5.63. The highest BCUT2D eigenvalue weighted by Gasteiger charge is 2.25. The molecule has 1 aliphatic rings. The van der Waals surface area contributed by atoms with Crippen molar-refractivity contribution in [1.82, 2.24) is 15.1 Å². The number of nitrogens with one attached hydrogen (secondary N) is 1. The lowest BCUT2D eigenvalue weighted by Gasteiger charge is -2.31. The molecule has 48 heavy (non-hydrogen) atoms. The van der Waals surface area contributed by atoms with E-state index in [4.69, 9.17) is 10.5 Å². The molecule has 3 aromatic carbocycles. The summed E-state index contributed by atoms with van der Waals surface area (Å²) in [5, 5.41) is 16.5. The van der Waals surface area contributed by atoms with Crippen LogP contribution in [0.2, 0.25) is 0 Å². The third-order valence-electron chi connectivity index (χ3n) is 8.66. The number of carboxylic acid groups (broad SMARTS) is 1. The number of hydrogen-bond acceptors (Lipinski definition) is 6. The number of hydrogen-bond donors (Lipinski definition) is 3. The third-order valence-corrected chi connectivity index (χ3v) is 8.66. The molecule has 0 saturated heterocycles. The molecule has 0 fully saturated rings. The Morgan fingerprint density at radius 2 is 1.83 bits per heavy atom. The van der Waals surface area contributed by atoms with Gasteiger partial charge in [-0.3, -0.25) is 19.1 Å². The van der Waals surface area contributed by atoms with Gasteiger partial charge in [0.05, 0.1) is 19.3 Å². The molecule has 11 heteroatoms. The van der Waals surface area contributed by atoms with E-state index in [1.165, 1.54) is 5.56 Å². The maximum absolute atomic E-state index is 13.4. The molecule has 4 aromatic rings. The van der Waals surface area contributed by atoms with Crippen LogP contribution in [0, 0.1) is 13.8 Å². The fourth-order valence-corrected chi connectivity index (χ4v) is 5.95. The Kier molecular flexibility index (Phi) is 10.9. The number of carbonyl (C=O) groups is 4. The van der Waals surface area contributed by atoms with Crippen molar-refractivity contribution in [2.24, 2.45) is 5.73 Å². The largest absolute Gasteiger partial charge is 0.493 e. The quantitative estimate of drug-likeness (QED) is 0.165. The number of aliphatic carboxylic acids is 1. The topological polar surface area (TPSA) is 157 Å². The lowest BCUT2D eigenvalue weighted by molar-refractivity contribution is -0.139. The average molecular weight is 652 g/mol. The number of rotatable bonds is 14. The molecule has 11 nitrogen and oxygen atoms in total. The molecule has 1 aliphatic heterocycles. The van der Waals surface area contributed by atoms with E-state index in [1.807, 2.05) is 54.4 Å². The average Bonchev–Trinajstić information content (AvgIpc) is 3.54. The number of primary amides is 1. The predicted molar refractivity (Wildman–Crippen MR) is 182 cm³/mol. The SMILES string of the molecule is Cc1cccc(OCCCC(=O)N2CCCc3c(-c4cnn(Cc5cccc(C(=O)NC(CCC(N)=O)C(=O)O)c5)c4)cccc32)c1C. The van der Waals surface area contributed by atoms with E-state index in [2.05, 4.69) is 23.4 Å². The van der Waals surface area contributed by atoms with Crippen LogP contribution in [-0.4, -0.2) is 57.8 Å². The van der Waals surface area contributed by atoms with Gasteiger partial charge in [-0.15, -0.1) is 0 Å². The van der Waals surface area contributed by atoms with Crippen LogP contribution in [0.5, 0.6) is 5.75 Å². The number of aromatic nitrogens is 2. The molecule has 0 radical (unpaired) electrons. The Balaban J connectivity index is 1.23. The van der Waals surface area contributed by atoms with Crippen LogP contribution >= 0.6 is 0 Å². The van der Waals surface area contributed by atoms with Gasteiger partial charge in [0, 0.05) is 42.4 Å². The number of nitrogens with two attached hydrogens (primary N) is 1. The summed E-state index contributed by atoms with van der Waals surface area (Å²) < 4.78 is 7.75. The van der Waals surface area contributed by atoms with E-state index >= 15 is 0 Å². The van der Waals surface area contributed by atoms with Gasteiger partial charge in [-0.25, -0.2) is 4.79 Å². The maximum Gasteiger partial charge on any atom is 0.326 e. The molecule has 250 valence electrons. The molecule has 3 amide bonds. The van der Waals surface area contributed by atoms with Crippen molar-refractivity contribution in [3.63, 3.8) is 0 Å². The summed E-state index contributed by atoms with van der Waals surface area (Å²) in [5.74, 6) is -1.49. The number of aryl methyl sites for hydroxylation is 1. The van der Waals surface area contributed by atoms with Crippen molar-refractivity contribution in [2.45, 2.75) is 65.0 Å². The second kappa shape index (κ2) is 15.4. The van der Waals surface area contributed by atoms with E-state index in [1.54, 1.807) is 29.1 Å². The Labute approximate surface area is 279 Å². The van der Waals surface area contributed by atoms with Gasteiger partial charge in [0.2, 0.25) is 11.8 Å². The van der Waals surface area contributed by atoms with E-state index in [0.717, 1.165) is 52.1 Å². The predicted octanol–water partition coefficient (Wildman–Crippen LogP) is 4.80. The molecular weight excluding hydrogens is 610 g/mol. The molecular formula is C37H41N5O6. The zero-order valence-electron chi connectivity index (χ0n) is 27.3. The Hall–Kier alpha value is -5.45. The fraction of sp³-hybridized carbons (Fsp3) is 0.324. The van der Waals surface area contributed by atoms with Crippen LogP contribution in [0.15, 0.2) is 73.1 Å². The molecule has 5 rings (SSSR count). The van der Waals surface area contributed by atoms with Gasteiger partial charge >= 0.3 is 5.97 Å². The summed E-state index contributed by atoms with van der Waals surface area (Å²) in [6.07, 6.45) is 6.24. The van der Waals surface area contributed by atoms with Crippen molar-refractivity contribution in [2.75, 3.05) is 18.1 Å². The van der Waals surface area contributed by atoms with Gasteiger partial charge in [-0.2, -0.15) is 5.10 Å². The summed E-state index contributed by atoms with van der Waals surface area (Å²) >= 11 is 0. The number of nitrogens with zero attached hydrogens (tertiary/aromatic N) is 3. The van der Waals surface area contributed by atoms with Gasteiger partial charge in [0.1, 0.15) is 11.8 Å². The fourth-order valence-electron chi connectivity index (χ4n) is 5.95. The molecule has 0 bridgehead atoms. The summed E-state index contributed by atoms with van der Waals surface area (Å²) in [4.78, 5) is 50.7. The highest BCUT2D eigenvalue weighted by atomic mass is 16.5. The van der Waals surface area contributed by atoms with Crippen LogP contribution in [0.25, 0.3) is 11.1 Å². The molecule has 2 heterocycles. The van der Waals surface area contributed by atoms with E-state index in [0.29, 0.717) is 38.1 Å². The van der Waals surface area contributed by atoms with E-state index in [-0.39, 0.29) is 18.7 Å². The van der Waals surface area contributed by atoms with Gasteiger partial charge in [-0.05, 0) is 91.6 Å². The smallest absolute Gasteiger partial charge is 0.326 e. The summed E-state index contributed by atoms with van der Waals surface area (Å²) in [7, 11) is 0. The zero-order valence-corrected chi connectivity index (χ0v) is 27.3. The molecule has 0 spiro atoms.